The molecule has 1 aliphatic heterocycles. The quantitative estimate of drug-likeness (QED) is 0.679. The Morgan fingerprint density at radius 1 is 1.40 bits per heavy atom. The van der Waals surface area contributed by atoms with E-state index in [0.29, 0.717) is 11.5 Å². The lowest BCUT2D eigenvalue weighted by Gasteiger charge is -2.35. The lowest BCUT2D eigenvalue weighted by atomic mass is 9.86. The average Bonchev–Trinajstić information content (AvgIpc) is 2.46. The molecule has 0 aliphatic carbocycles. The molecule has 0 atom stereocenters. The van der Waals surface area contributed by atoms with Crippen LogP contribution in [0.4, 0.5) is 11.4 Å². The van der Waals surface area contributed by atoms with Crippen molar-refractivity contribution in [2.75, 3.05) is 18.0 Å². The highest BCUT2D eigenvalue weighted by Crippen LogP contribution is 2.30. The first-order valence-electron chi connectivity index (χ1n) is 7.16. The van der Waals surface area contributed by atoms with Gasteiger partial charge in [-0.2, -0.15) is 0 Å². The fourth-order valence-corrected chi connectivity index (χ4v) is 2.90. The van der Waals surface area contributed by atoms with E-state index in [0.717, 1.165) is 37.5 Å². The predicted molar refractivity (Wildman–Crippen MR) is 78.8 cm³/mol. The van der Waals surface area contributed by atoms with Crippen molar-refractivity contribution >= 4 is 11.4 Å². The molecule has 0 saturated carbocycles. The Morgan fingerprint density at radius 3 is 2.55 bits per heavy atom. The first-order valence-corrected chi connectivity index (χ1v) is 7.16. The zero-order valence-electron chi connectivity index (χ0n) is 12.1. The summed E-state index contributed by atoms with van der Waals surface area (Å²) >= 11 is 0. The van der Waals surface area contributed by atoms with E-state index in [9.17, 15) is 15.2 Å². The minimum absolute atomic E-state index is 0.00619. The van der Waals surface area contributed by atoms with Crippen molar-refractivity contribution in [2.24, 2.45) is 11.8 Å². The van der Waals surface area contributed by atoms with Gasteiger partial charge in [-0.05, 0) is 36.8 Å². The van der Waals surface area contributed by atoms with Crippen LogP contribution in [0.2, 0.25) is 0 Å². The van der Waals surface area contributed by atoms with Crippen LogP contribution in [0.25, 0.3) is 0 Å². The molecule has 2 rings (SSSR count). The van der Waals surface area contributed by atoms with Gasteiger partial charge >= 0.3 is 0 Å². The second-order valence-corrected chi connectivity index (χ2v) is 5.80. The van der Waals surface area contributed by atoms with E-state index in [1.807, 2.05) is 0 Å². The molecule has 1 saturated heterocycles. The lowest BCUT2D eigenvalue weighted by Crippen LogP contribution is -2.35. The van der Waals surface area contributed by atoms with Gasteiger partial charge in [0.25, 0.3) is 5.69 Å². The number of rotatable bonds is 4. The summed E-state index contributed by atoms with van der Waals surface area (Å²) in [5.41, 5.74) is 1.36. The van der Waals surface area contributed by atoms with Crippen LogP contribution in [0.5, 0.6) is 0 Å². The van der Waals surface area contributed by atoms with E-state index < -0.39 is 4.92 Å². The predicted octanol–water partition coefficient (Wildman–Crippen LogP) is 2.96. The third kappa shape index (κ3) is 3.10. The largest absolute Gasteiger partial charge is 0.391 e. The van der Waals surface area contributed by atoms with Crippen molar-refractivity contribution in [3.8, 4) is 0 Å². The Balaban J connectivity index is 2.12. The van der Waals surface area contributed by atoms with Gasteiger partial charge in [0.15, 0.2) is 0 Å². The summed E-state index contributed by atoms with van der Waals surface area (Å²) < 4.78 is 0. The van der Waals surface area contributed by atoms with Gasteiger partial charge in [-0.15, -0.1) is 0 Å². The summed E-state index contributed by atoms with van der Waals surface area (Å²) in [6.45, 7) is 6.18. The molecule has 0 amide bonds. The lowest BCUT2D eigenvalue weighted by molar-refractivity contribution is -0.385. The molecule has 110 valence electrons. The van der Waals surface area contributed by atoms with Crippen LogP contribution in [0.3, 0.4) is 0 Å². The normalized spacial score (nSPS) is 16.7. The molecular formula is C15H22N2O3. The number of aliphatic hydroxyl groups excluding tert-OH is 1. The van der Waals surface area contributed by atoms with Crippen LogP contribution in [0.15, 0.2) is 18.2 Å². The van der Waals surface area contributed by atoms with E-state index >= 15 is 0 Å². The standard InChI is InChI=1S/C15H22N2O3/c1-11(2)12-5-7-16(8-6-12)14-3-4-15(17(19)20)13(9-14)10-18/h3-4,9,11-12,18H,5-8,10H2,1-2H3. The highest BCUT2D eigenvalue weighted by molar-refractivity contribution is 5.55. The Kier molecular flexibility index (Phi) is 4.60. The van der Waals surface area contributed by atoms with Crippen LogP contribution < -0.4 is 4.90 Å². The minimum atomic E-state index is -0.444. The number of hydrogen-bond acceptors (Lipinski definition) is 4. The average molecular weight is 278 g/mol. The molecule has 1 fully saturated rings. The van der Waals surface area contributed by atoms with Crippen molar-refractivity contribution in [2.45, 2.75) is 33.3 Å². The number of aliphatic hydroxyl groups is 1. The van der Waals surface area contributed by atoms with E-state index in [2.05, 4.69) is 18.7 Å². The van der Waals surface area contributed by atoms with E-state index in [1.54, 1.807) is 12.1 Å². The Morgan fingerprint density at radius 2 is 2.05 bits per heavy atom. The smallest absolute Gasteiger partial charge is 0.275 e. The molecule has 0 aromatic heterocycles. The maximum atomic E-state index is 10.9. The van der Waals surface area contributed by atoms with Gasteiger partial charge in [0, 0.05) is 24.8 Å². The fraction of sp³-hybridized carbons (Fsp3) is 0.600. The molecule has 1 aromatic carbocycles. The van der Waals surface area contributed by atoms with Crippen molar-refractivity contribution in [3.63, 3.8) is 0 Å². The van der Waals surface area contributed by atoms with Gasteiger partial charge in [-0.3, -0.25) is 10.1 Å². The number of piperidine rings is 1. The van der Waals surface area contributed by atoms with Crippen LogP contribution in [0.1, 0.15) is 32.3 Å². The summed E-state index contributed by atoms with van der Waals surface area (Å²) in [6.07, 6.45) is 2.31. The number of hydrogen-bond donors (Lipinski definition) is 1. The van der Waals surface area contributed by atoms with Gasteiger partial charge in [0.2, 0.25) is 0 Å². The summed E-state index contributed by atoms with van der Waals surface area (Å²) in [4.78, 5) is 12.7. The highest BCUT2D eigenvalue weighted by Gasteiger charge is 2.23. The Bertz CT molecular complexity index is 480. The molecular weight excluding hydrogens is 256 g/mol. The highest BCUT2D eigenvalue weighted by atomic mass is 16.6. The minimum Gasteiger partial charge on any atom is -0.391 e. The Labute approximate surface area is 119 Å². The second kappa shape index (κ2) is 6.22. The first kappa shape index (κ1) is 14.8. The summed E-state index contributed by atoms with van der Waals surface area (Å²) in [6, 6.07) is 5.02. The monoisotopic (exact) mass is 278 g/mol. The van der Waals surface area contributed by atoms with Gasteiger partial charge in [-0.1, -0.05) is 13.8 Å². The third-order valence-electron chi connectivity index (χ3n) is 4.28. The van der Waals surface area contributed by atoms with Gasteiger partial charge in [0.05, 0.1) is 17.1 Å². The molecule has 5 heteroatoms. The molecule has 0 spiro atoms. The number of anilines is 1. The van der Waals surface area contributed by atoms with Crippen LogP contribution in [0, 0.1) is 22.0 Å². The second-order valence-electron chi connectivity index (χ2n) is 5.80. The summed E-state index contributed by atoms with van der Waals surface area (Å²) in [7, 11) is 0. The van der Waals surface area contributed by atoms with E-state index in [1.165, 1.54) is 6.07 Å². The van der Waals surface area contributed by atoms with Gasteiger partial charge in [0.1, 0.15) is 0 Å². The van der Waals surface area contributed by atoms with Crippen molar-refractivity contribution in [3.05, 3.63) is 33.9 Å². The summed E-state index contributed by atoms with van der Waals surface area (Å²) in [5, 5.41) is 20.1. The molecule has 1 N–H and O–H groups in total. The number of benzene rings is 1. The topological polar surface area (TPSA) is 66.6 Å². The maximum absolute atomic E-state index is 10.9. The van der Waals surface area contributed by atoms with Gasteiger partial charge in [-0.25, -0.2) is 0 Å². The molecule has 1 heterocycles. The molecule has 1 aliphatic rings. The third-order valence-corrected chi connectivity index (χ3v) is 4.28. The van der Waals surface area contributed by atoms with Crippen molar-refractivity contribution in [1.82, 2.24) is 0 Å². The van der Waals surface area contributed by atoms with Crippen LogP contribution in [-0.4, -0.2) is 23.1 Å². The number of nitro groups is 1. The molecule has 0 unspecified atom stereocenters. The van der Waals surface area contributed by atoms with Crippen molar-refractivity contribution < 1.29 is 10.0 Å². The fourth-order valence-electron chi connectivity index (χ4n) is 2.90. The van der Waals surface area contributed by atoms with Crippen LogP contribution >= 0.6 is 0 Å². The Hall–Kier alpha value is -1.62. The van der Waals surface area contributed by atoms with E-state index in [4.69, 9.17) is 0 Å². The number of nitrogens with zero attached hydrogens (tertiary/aromatic N) is 2. The summed E-state index contributed by atoms with van der Waals surface area (Å²) in [5.74, 6) is 1.48. The van der Waals surface area contributed by atoms with Crippen molar-refractivity contribution in [1.29, 1.82) is 0 Å². The number of nitro benzene ring substituents is 1. The first-order chi connectivity index (χ1) is 9.52. The zero-order chi connectivity index (χ0) is 14.7. The molecule has 20 heavy (non-hydrogen) atoms. The zero-order valence-corrected chi connectivity index (χ0v) is 12.1. The molecule has 0 radical (unpaired) electrons. The van der Waals surface area contributed by atoms with Gasteiger partial charge < -0.3 is 10.0 Å². The molecule has 1 aromatic rings. The maximum Gasteiger partial charge on any atom is 0.275 e. The SMILES string of the molecule is CC(C)C1CCN(c2ccc([N+](=O)[O-])c(CO)c2)CC1. The van der Waals surface area contributed by atoms with E-state index in [-0.39, 0.29) is 12.3 Å². The molecule has 0 bridgehead atoms. The molecule has 5 nitrogen and oxygen atoms in total. The van der Waals surface area contributed by atoms with Crippen LogP contribution in [-0.2, 0) is 6.61 Å².